The quantitative estimate of drug-likeness (QED) is 0.810. The Morgan fingerprint density at radius 3 is 2.54 bits per heavy atom. The van der Waals surface area contributed by atoms with Crippen LogP contribution >= 0.6 is 23.1 Å². The van der Waals surface area contributed by atoms with E-state index in [1.807, 2.05) is 31.6 Å². The summed E-state index contributed by atoms with van der Waals surface area (Å²) in [5, 5.41) is 0. The van der Waals surface area contributed by atoms with Gasteiger partial charge in [-0.1, -0.05) is 32.1 Å². The first-order valence-corrected chi connectivity index (χ1v) is 11.6. The normalized spacial score (nSPS) is 13.6. The van der Waals surface area contributed by atoms with Gasteiger partial charge in [-0.05, 0) is 24.5 Å². The minimum atomic E-state index is -3.27. The molecule has 2 rings (SSSR count). The van der Waals surface area contributed by atoms with Crippen LogP contribution in [-0.4, -0.2) is 37.2 Å². The van der Waals surface area contributed by atoms with Crippen molar-refractivity contribution in [2.45, 2.75) is 32.2 Å². The summed E-state index contributed by atoms with van der Waals surface area (Å²) in [6.07, 6.45) is 3.21. The molecule has 132 valence electrons. The van der Waals surface area contributed by atoms with Crippen molar-refractivity contribution >= 4 is 49.1 Å². The Morgan fingerprint density at radius 1 is 1.33 bits per heavy atom. The first-order chi connectivity index (χ1) is 11.0. The van der Waals surface area contributed by atoms with Gasteiger partial charge in [0.25, 0.3) is 5.91 Å². The number of aromatic nitrogens is 1. The predicted molar refractivity (Wildman–Crippen MR) is 101 cm³/mol. The van der Waals surface area contributed by atoms with E-state index in [2.05, 4.69) is 4.99 Å². The number of amides is 1. The van der Waals surface area contributed by atoms with Crippen LogP contribution in [0.3, 0.4) is 0 Å². The molecular formula is C16H22N2O3S3. The molecule has 8 heteroatoms. The number of hydrogen-bond acceptors (Lipinski definition) is 5. The first-order valence-electron chi connectivity index (χ1n) is 7.45. The zero-order valence-corrected chi connectivity index (χ0v) is 16.9. The second-order valence-electron chi connectivity index (χ2n) is 6.60. The molecule has 5 nitrogen and oxygen atoms in total. The lowest BCUT2D eigenvalue weighted by Gasteiger charge is -2.12. The number of thioether (sulfide) groups is 1. The Bertz CT molecular complexity index is 932. The van der Waals surface area contributed by atoms with Crippen LogP contribution in [0.25, 0.3) is 10.2 Å². The highest BCUT2D eigenvalue weighted by Crippen LogP contribution is 2.23. The maximum Gasteiger partial charge on any atom is 0.253 e. The third-order valence-corrected chi connectivity index (χ3v) is 6.18. The van der Waals surface area contributed by atoms with Crippen molar-refractivity contribution in [2.75, 3.05) is 18.3 Å². The molecule has 0 fully saturated rings. The number of hydrogen-bond donors (Lipinski definition) is 0. The molecule has 0 spiro atoms. The maximum absolute atomic E-state index is 12.3. The molecule has 0 saturated heterocycles. The lowest BCUT2D eigenvalue weighted by molar-refractivity contribution is -0.125. The molecule has 0 aliphatic rings. The fraction of sp³-hybridized carbons (Fsp3) is 0.500. The molecule has 0 bridgehead atoms. The largest absolute Gasteiger partial charge is 0.316 e. The Hall–Kier alpha value is -1.12. The second kappa shape index (κ2) is 7.01. The average molecular weight is 387 g/mol. The van der Waals surface area contributed by atoms with E-state index in [4.69, 9.17) is 0 Å². The van der Waals surface area contributed by atoms with Gasteiger partial charge in [-0.15, -0.1) is 0 Å². The molecule has 24 heavy (non-hydrogen) atoms. The van der Waals surface area contributed by atoms with E-state index in [0.29, 0.717) is 4.80 Å². The SMILES string of the molecule is CSCCn1c(=NC(=O)C(C)(C)C)sc2cc(S(C)(=O)=O)ccc21. The third-order valence-electron chi connectivity index (χ3n) is 3.44. The molecule has 0 radical (unpaired) electrons. The van der Waals surface area contributed by atoms with Crippen LogP contribution in [0, 0.1) is 5.41 Å². The molecule has 1 heterocycles. The predicted octanol–water partition coefficient (Wildman–Crippen LogP) is 2.94. The van der Waals surface area contributed by atoms with Crippen LogP contribution in [0.4, 0.5) is 0 Å². The minimum absolute atomic E-state index is 0.185. The average Bonchev–Trinajstić information content (AvgIpc) is 2.79. The third kappa shape index (κ3) is 4.29. The van der Waals surface area contributed by atoms with Crippen molar-refractivity contribution in [1.82, 2.24) is 4.57 Å². The Kier molecular flexibility index (Phi) is 5.61. The van der Waals surface area contributed by atoms with Crippen LogP contribution in [0.5, 0.6) is 0 Å². The van der Waals surface area contributed by atoms with Crippen molar-refractivity contribution in [3.05, 3.63) is 23.0 Å². The van der Waals surface area contributed by atoms with Crippen LogP contribution < -0.4 is 4.80 Å². The summed E-state index contributed by atoms with van der Waals surface area (Å²) in [4.78, 5) is 17.5. The number of rotatable bonds is 4. The molecular weight excluding hydrogens is 364 g/mol. The smallest absolute Gasteiger partial charge is 0.253 e. The first kappa shape index (κ1) is 19.2. The fourth-order valence-electron chi connectivity index (χ4n) is 2.02. The van der Waals surface area contributed by atoms with E-state index >= 15 is 0 Å². The fourth-order valence-corrected chi connectivity index (χ4v) is 4.20. The summed E-state index contributed by atoms with van der Waals surface area (Å²) >= 11 is 3.06. The number of carbonyl (C=O) groups excluding carboxylic acids is 1. The maximum atomic E-state index is 12.3. The molecule has 1 aromatic carbocycles. The van der Waals surface area contributed by atoms with E-state index in [0.717, 1.165) is 22.5 Å². The summed E-state index contributed by atoms with van der Waals surface area (Å²) in [7, 11) is -3.27. The van der Waals surface area contributed by atoms with Gasteiger partial charge < -0.3 is 4.57 Å². The Balaban J connectivity index is 2.69. The molecule has 0 aliphatic heterocycles. The topological polar surface area (TPSA) is 68.5 Å². The highest BCUT2D eigenvalue weighted by atomic mass is 32.2. The summed E-state index contributed by atoms with van der Waals surface area (Å²) in [6.45, 7) is 6.22. The van der Waals surface area contributed by atoms with Crippen molar-refractivity contribution in [2.24, 2.45) is 10.4 Å². The lowest BCUT2D eigenvalue weighted by atomic mass is 9.96. The highest BCUT2D eigenvalue weighted by Gasteiger charge is 2.21. The van der Waals surface area contributed by atoms with Gasteiger partial charge in [-0.3, -0.25) is 4.79 Å². The number of sulfone groups is 1. The van der Waals surface area contributed by atoms with E-state index in [1.165, 1.54) is 17.6 Å². The standard InChI is InChI=1S/C16H22N2O3S3/c1-16(2,3)14(19)17-15-18(8-9-22-4)12-7-6-11(24(5,20)21)10-13(12)23-15/h6-7,10H,8-9H2,1-5H3. The monoisotopic (exact) mass is 386 g/mol. The van der Waals surface area contributed by atoms with Crippen molar-refractivity contribution < 1.29 is 13.2 Å². The second-order valence-corrected chi connectivity index (χ2v) is 10.6. The Labute approximate surface area is 150 Å². The van der Waals surface area contributed by atoms with Crippen LogP contribution in [0.1, 0.15) is 20.8 Å². The van der Waals surface area contributed by atoms with Crippen molar-refractivity contribution in [3.63, 3.8) is 0 Å². The minimum Gasteiger partial charge on any atom is -0.316 e. The molecule has 0 aliphatic carbocycles. The number of aryl methyl sites for hydroxylation is 1. The van der Waals surface area contributed by atoms with Crippen LogP contribution in [0.15, 0.2) is 28.1 Å². The van der Waals surface area contributed by atoms with Crippen molar-refractivity contribution in [1.29, 1.82) is 0 Å². The summed E-state index contributed by atoms with van der Waals surface area (Å²) in [5.74, 6) is 0.701. The Morgan fingerprint density at radius 2 is 2.00 bits per heavy atom. The van der Waals surface area contributed by atoms with Gasteiger partial charge >= 0.3 is 0 Å². The molecule has 0 unspecified atom stereocenters. The number of carbonyl (C=O) groups is 1. The molecule has 0 N–H and O–H groups in total. The number of fused-ring (bicyclic) bond motifs is 1. The van der Waals surface area contributed by atoms with Crippen molar-refractivity contribution in [3.8, 4) is 0 Å². The van der Waals surface area contributed by atoms with E-state index in [1.54, 1.807) is 30.0 Å². The van der Waals surface area contributed by atoms with Gasteiger partial charge in [-0.25, -0.2) is 8.42 Å². The summed E-state index contributed by atoms with van der Waals surface area (Å²) < 4.78 is 26.3. The highest BCUT2D eigenvalue weighted by molar-refractivity contribution is 7.98. The van der Waals surface area contributed by atoms with Crippen LogP contribution in [0.2, 0.25) is 0 Å². The van der Waals surface area contributed by atoms with Gasteiger partial charge in [0.15, 0.2) is 14.6 Å². The lowest BCUT2D eigenvalue weighted by Crippen LogP contribution is -2.24. The van der Waals surface area contributed by atoms with Gasteiger partial charge in [0.2, 0.25) is 0 Å². The van der Waals surface area contributed by atoms with E-state index in [-0.39, 0.29) is 10.8 Å². The van der Waals surface area contributed by atoms with Crippen LogP contribution in [-0.2, 0) is 21.2 Å². The summed E-state index contributed by atoms with van der Waals surface area (Å²) in [5.41, 5.74) is 0.354. The molecule has 1 aromatic heterocycles. The molecule has 1 amide bonds. The number of benzene rings is 1. The summed E-state index contributed by atoms with van der Waals surface area (Å²) in [6, 6.07) is 5.06. The van der Waals surface area contributed by atoms with E-state index < -0.39 is 15.3 Å². The zero-order valence-electron chi connectivity index (χ0n) is 14.5. The number of thiazole rings is 1. The molecule has 0 saturated carbocycles. The molecule has 0 atom stereocenters. The molecule has 2 aromatic rings. The van der Waals surface area contributed by atoms with Gasteiger partial charge in [0.05, 0.1) is 15.1 Å². The van der Waals surface area contributed by atoms with E-state index in [9.17, 15) is 13.2 Å². The zero-order chi connectivity index (χ0) is 18.1. The number of nitrogens with zero attached hydrogens (tertiary/aromatic N) is 2. The van der Waals surface area contributed by atoms with Gasteiger partial charge in [0.1, 0.15) is 0 Å². The van der Waals surface area contributed by atoms with Gasteiger partial charge in [0, 0.05) is 24.0 Å². The van der Waals surface area contributed by atoms with Gasteiger partial charge in [-0.2, -0.15) is 16.8 Å².